The molecule has 8 heteroatoms. The Balaban J connectivity index is 2.13. The van der Waals surface area contributed by atoms with Crippen molar-refractivity contribution in [3.63, 3.8) is 0 Å². The van der Waals surface area contributed by atoms with E-state index in [9.17, 15) is 8.42 Å². The minimum Gasteiger partial charge on any atom is -0.497 e. The normalized spacial score (nSPS) is 11.7. The lowest BCUT2D eigenvalue weighted by Gasteiger charge is -2.03. The van der Waals surface area contributed by atoms with Gasteiger partial charge < -0.3 is 4.74 Å². The number of hydrogen-bond donors (Lipinski definition) is 1. The van der Waals surface area contributed by atoms with Gasteiger partial charge >= 0.3 is 0 Å². The van der Waals surface area contributed by atoms with Crippen molar-refractivity contribution < 1.29 is 13.2 Å². The summed E-state index contributed by atoms with van der Waals surface area (Å²) in [5.41, 5.74) is 0.745. The molecule has 0 aliphatic carbocycles. The van der Waals surface area contributed by atoms with E-state index in [-0.39, 0.29) is 5.75 Å². The fourth-order valence-electron chi connectivity index (χ4n) is 1.65. The van der Waals surface area contributed by atoms with Crippen LogP contribution in [0.4, 0.5) is 5.13 Å². The molecule has 0 amide bonds. The number of nitrogens with zero attached hydrogens (tertiary/aromatic N) is 1. The number of nitrogens with one attached hydrogen (secondary N) is 1. The van der Waals surface area contributed by atoms with Crippen LogP contribution in [0, 0.1) is 0 Å². The number of methoxy groups -OCH3 is 1. The van der Waals surface area contributed by atoms with E-state index in [2.05, 4.69) is 9.71 Å². The van der Waals surface area contributed by atoms with Crippen molar-refractivity contribution in [2.75, 3.05) is 23.5 Å². The van der Waals surface area contributed by atoms with E-state index >= 15 is 0 Å². The molecule has 0 aliphatic heterocycles. The van der Waals surface area contributed by atoms with E-state index in [0.29, 0.717) is 23.9 Å². The minimum atomic E-state index is -3.36. The smallest absolute Gasteiger partial charge is 0.234 e. The number of fused-ring (bicyclic) bond motifs is 1. The van der Waals surface area contributed by atoms with Crippen molar-refractivity contribution in [1.29, 1.82) is 0 Å². The molecule has 0 saturated heterocycles. The summed E-state index contributed by atoms with van der Waals surface area (Å²) >= 11 is 6.82. The van der Waals surface area contributed by atoms with Gasteiger partial charge in [-0.15, -0.1) is 11.6 Å². The zero-order chi connectivity index (χ0) is 14.6. The second-order valence-electron chi connectivity index (χ2n) is 4.17. The zero-order valence-corrected chi connectivity index (χ0v) is 13.3. The van der Waals surface area contributed by atoms with Gasteiger partial charge in [-0.3, -0.25) is 4.72 Å². The Morgan fingerprint density at radius 2 is 2.20 bits per heavy atom. The number of ether oxygens (including phenoxy) is 1. The fourth-order valence-corrected chi connectivity index (χ4v) is 4.13. The van der Waals surface area contributed by atoms with Crippen LogP contribution in [0.5, 0.6) is 5.75 Å². The van der Waals surface area contributed by atoms with E-state index in [1.54, 1.807) is 19.2 Å². The number of anilines is 1. The van der Waals surface area contributed by atoms with Gasteiger partial charge in [0, 0.05) is 5.88 Å². The van der Waals surface area contributed by atoms with Crippen molar-refractivity contribution in [2.45, 2.75) is 12.8 Å². The molecule has 0 saturated carbocycles. The highest BCUT2D eigenvalue weighted by Gasteiger charge is 2.13. The molecule has 5 nitrogen and oxygen atoms in total. The molecule has 0 atom stereocenters. The molecule has 1 aromatic heterocycles. The predicted molar refractivity (Wildman–Crippen MR) is 83.5 cm³/mol. The summed E-state index contributed by atoms with van der Waals surface area (Å²) in [6, 6.07) is 5.43. The maximum Gasteiger partial charge on any atom is 0.234 e. The van der Waals surface area contributed by atoms with Crippen molar-refractivity contribution in [3.8, 4) is 5.75 Å². The predicted octanol–water partition coefficient (Wildman–Crippen LogP) is 3.07. The molecule has 0 bridgehead atoms. The number of thiazole rings is 1. The molecule has 1 N–H and O–H groups in total. The molecule has 110 valence electrons. The quantitative estimate of drug-likeness (QED) is 0.624. The summed E-state index contributed by atoms with van der Waals surface area (Å²) in [6.45, 7) is 0. The van der Waals surface area contributed by atoms with Crippen LogP contribution in [-0.4, -0.2) is 32.1 Å². The fraction of sp³-hybridized carbons (Fsp3) is 0.417. The van der Waals surface area contributed by atoms with Gasteiger partial charge in [0.05, 0.1) is 23.1 Å². The van der Waals surface area contributed by atoms with Gasteiger partial charge in [-0.25, -0.2) is 13.4 Å². The van der Waals surface area contributed by atoms with E-state index in [1.165, 1.54) is 11.3 Å². The maximum absolute atomic E-state index is 11.9. The van der Waals surface area contributed by atoms with Crippen LogP contribution < -0.4 is 9.46 Å². The summed E-state index contributed by atoms with van der Waals surface area (Å²) < 4.78 is 32.2. The molecule has 2 aromatic rings. The minimum absolute atomic E-state index is 0.0545. The van der Waals surface area contributed by atoms with Gasteiger partial charge in [0.1, 0.15) is 5.75 Å². The lowest BCUT2D eigenvalue weighted by atomic mass is 10.3. The van der Waals surface area contributed by atoms with Crippen molar-refractivity contribution in [2.24, 2.45) is 0 Å². The molecule has 0 fully saturated rings. The molecule has 0 unspecified atom stereocenters. The van der Waals surface area contributed by atoms with Crippen molar-refractivity contribution in [1.82, 2.24) is 4.98 Å². The summed E-state index contributed by atoms with van der Waals surface area (Å²) in [4.78, 5) is 4.25. The van der Waals surface area contributed by atoms with Crippen LogP contribution in [-0.2, 0) is 10.0 Å². The number of rotatable bonds is 7. The maximum atomic E-state index is 11.9. The SMILES string of the molecule is COc1ccc2nc(NS(=O)(=O)CCCCCl)sc2c1. The number of alkyl halides is 1. The Morgan fingerprint density at radius 1 is 1.40 bits per heavy atom. The summed E-state index contributed by atoms with van der Waals surface area (Å²) in [5.74, 6) is 1.24. The molecule has 1 heterocycles. The molecule has 0 spiro atoms. The van der Waals surface area contributed by atoms with Gasteiger partial charge in [-0.1, -0.05) is 11.3 Å². The molecular weight excluding hydrogens is 320 g/mol. The third kappa shape index (κ3) is 3.97. The highest BCUT2D eigenvalue weighted by atomic mass is 35.5. The van der Waals surface area contributed by atoms with Crippen LogP contribution in [0.3, 0.4) is 0 Å². The highest BCUT2D eigenvalue weighted by molar-refractivity contribution is 7.92. The number of benzene rings is 1. The lowest BCUT2D eigenvalue weighted by molar-refractivity contribution is 0.415. The molecule has 0 radical (unpaired) electrons. The van der Waals surface area contributed by atoms with E-state index in [0.717, 1.165) is 16.0 Å². The first-order valence-corrected chi connectivity index (χ1v) is 9.05. The standard InChI is InChI=1S/C12H15ClN2O3S2/c1-18-9-4-5-10-11(8-9)19-12(14-10)15-20(16,17)7-3-2-6-13/h4-5,8H,2-3,6-7H2,1H3,(H,14,15). The summed E-state index contributed by atoms with van der Waals surface area (Å²) in [6.07, 6.45) is 1.22. The third-order valence-electron chi connectivity index (χ3n) is 2.64. The van der Waals surface area contributed by atoms with Crippen LogP contribution in [0.1, 0.15) is 12.8 Å². The van der Waals surface area contributed by atoms with Gasteiger partial charge in [0.25, 0.3) is 0 Å². The number of halogens is 1. The molecular formula is C12H15ClN2O3S2. The first-order valence-electron chi connectivity index (χ1n) is 6.05. The first-order chi connectivity index (χ1) is 9.54. The first kappa shape index (κ1) is 15.3. The summed E-state index contributed by atoms with van der Waals surface area (Å²) in [5, 5.41) is 0.374. The van der Waals surface area contributed by atoms with Crippen LogP contribution in [0.15, 0.2) is 18.2 Å². The molecule has 0 aliphatic rings. The van der Waals surface area contributed by atoms with Crippen molar-refractivity contribution in [3.05, 3.63) is 18.2 Å². The Morgan fingerprint density at radius 3 is 2.90 bits per heavy atom. The van der Waals surface area contributed by atoms with E-state index in [4.69, 9.17) is 16.3 Å². The number of aromatic nitrogens is 1. The second-order valence-corrected chi connectivity index (χ2v) is 7.42. The van der Waals surface area contributed by atoms with Crippen LogP contribution in [0.25, 0.3) is 10.2 Å². The summed E-state index contributed by atoms with van der Waals surface area (Å²) in [7, 11) is -1.78. The van der Waals surface area contributed by atoms with Crippen LogP contribution in [0.2, 0.25) is 0 Å². The average molecular weight is 335 g/mol. The Hall–Kier alpha value is -1.05. The average Bonchev–Trinajstić information content (AvgIpc) is 2.78. The van der Waals surface area contributed by atoms with E-state index in [1.807, 2.05) is 6.07 Å². The third-order valence-corrected chi connectivity index (χ3v) is 5.30. The molecule has 2 rings (SSSR count). The number of sulfonamides is 1. The lowest BCUT2D eigenvalue weighted by Crippen LogP contribution is -2.16. The van der Waals surface area contributed by atoms with Gasteiger partial charge in [-0.05, 0) is 31.0 Å². The molecule has 20 heavy (non-hydrogen) atoms. The topological polar surface area (TPSA) is 68.3 Å². The number of hydrogen-bond acceptors (Lipinski definition) is 5. The van der Waals surface area contributed by atoms with E-state index < -0.39 is 10.0 Å². The number of unbranched alkanes of at least 4 members (excludes halogenated alkanes) is 1. The van der Waals surface area contributed by atoms with Crippen molar-refractivity contribution >= 4 is 48.3 Å². The van der Waals surface area contributed by atoms with Gasteiger partial charge in [0.15, 0.2) is 5.13 Å². The van der Waals surface area contributed by atoms with Gasteiger partial charge in [-0.2, -0.15) is 0 Å². The Bertz CT molecular complexity index is 685. The highest BCUT2D eigenvalue weighted by Crippen LogP contribution is 2.29. The largest absolute Gasteiger partial charge is 0.497 e. The monoisotopic (exact) mass is 334 g/mol. The Labute approximate surface area is 127 Å². The molecule has 1 aromatic carbocycles. The second kappa shape index (κ2) is 6.60. The van der Waals surface area contributed by atoms with Gasteiger partial charge in [0.2, 0.25) is 10.0 Å². The Kier molecular flexibility index (Phi) is 5.06. The zero-order valence-electron chi connectivity index (χ0n) is 10.9. The van der Waals surface area contributed by atoms with Crippen LogP contribution >= 0.6 is 22.9 Å².